The van der Waals surface area contributed by atoms with Crippen LogP contribution in [0.4, 0.5) is 5.69 Å². The molecule has 164 valence electrons. The molecule has 0 bridgehead atoms. The van der Waals surface area contributed by atoms with E-state index in [2.05, 4.69) is 0 Å². The zero-order chi connectivity index (χ0) is 23.6. The summed E-state index contributed by atoms with van der Waals surface area (Å²) in [5.74, 6) is -1.03. The van der Waals surface area contributed by atoms with Gasteiger partial charge in [-0.1, -0.05) is 39.8 Å². The molecule has 1 aliphatic heterocycles. The number of carboxylic acid groups (broad SMARTS) is 1. The van der Waals surface area contributed by atoms with Crippen LogP contribution in [0.3, 0.4) is 0 Å². The maximum atomic E-state index is 12.4. The van der Waals surface area contributed by atoms with Gasteiger partial charge in [-0.15, -0.1) is 0 Å². The lowest BCUT2D eigenvalue weighted by Crippen LogP contribution is -2.10. The normalized spacial score (nSPS) is 10.8. The molecule has 0 saturated heterocycles. The molecule has 0 spiro atoms. The average Bonchev–Trinajstić information content (AvgIpc) is 2.77. The summed E-state index contributed by atoms with van der Waals surface area (Å²) in [7, 11) is 0. The Morgan fingerprint density at radius 3 is 2.31 bits per heavy atom. The molecule has 2 aromatic rings. The lowest BCUT2D eigenvalue weighted by Gasteiger charge is -2.17. The van der Waals surface area contributed by atoms with Crippen LogP contribution in [-0.4, -0.2) is 16.9 Å². The molecule has 4 N–H and O–H groups in total. The lowest BCUT2D eigenvalue weighted by molar-refractivity contribution is 0.0697. The van der Waals surface area contributed by atoms with Crippen LogP contribution in [0.25, 0.3) is 33.4 Å². The molecule has 0 atom stereocenters. The largest absolute Gasteiger partial charge is 0.478 e. The molecule has 2 aromatic carbocycles. The van der Waals surface area contributed by atoms with Gasteiger partial charge in [0.05, 0.1) is 10.9 Å². The van der Waals surface area contributed by atoms with Crippen molar-refractivity contribution in [1.29, 1.82) is 5.41 Å². The minimum absolute atomic E-state index is 0.0297. The Labute approximate surface area is 186 Å². The smallest absolute Gasteiger partial charge is 0.336 e. The van der Waals surface area contributed by atoms with Gasteiger partial charge in [-0.2, -0.15) is 0 Å². The maximum Gasteiger partial charge on any atom is 0.336 e. The topological polar surface area (TPSA) is 117 Å². The van der Waals surface area contributed by atoms with E-state index in [4.69, 9.17) is 15.6 Å². The molecular formula is C26H26N2O4. The summed E-state index contributed by atoms with van der Waals surface area (Å²) in [6, 6.07) is 14.9. The Morgan fingerprint density at radius 1 is 0.969 bits per heavy atom. The number of nitrogens with two attached hydrogens (primary N) is 1. The van der Waals surface area contributed by atoms with Crippen molar-refractivity contribution in [3.05, 3.63) is 71.1 Å². The minimum atomic E-state index is -1.13. The number of carbonyl (C=O) groups excluding carboxylic acids is 1. The average molecular weight is 431 g/mol. The summed E-state index contributed by atoms with van der Waals surface area (Å²) < 4.78 is 5.96. The number of carbonyl (C=O) groups is 2. The van der Waals surface area contributed by atoms with Gasteiger partial charge in [0.15, 0.2) is 5.78 Å². The Bertz CT molecular complexity index is 1350. The number of aromatic carboxylic acids is 1. The standard InChI is InChI=1S/C24H20N2O4.C2H6/c1-12(2)23(27)13-3-6-16(19(9-13)24(28)29)22-17-7-4-14(25)10-20(17)30-21-11-15(26)5-8-18(21)22;1-2/h3-12,25H,26H2,1-2H3,(H,28,29);1-2H3. The Balaban J connectivity index is 0.00000141. The molecule has 0 fully saturated rings. The monoisotopic (exact) mass is 430 g/mol. The van der Waals surface area contributed by atoms with Crippen molar-refractivity contribution in [1.82, 2.24) is 0 Å². The molecule has 6 nitrogen and oxygen atoms in total. The highest BCUT2D eigenvalue weighted by atomic mass is 16.4. The Kier molecular flexibility index (Phi) is 6.44. The van der Waals surface area contributed by atoms with Crippen molar-refractivity contribution >= 4 is 28.4 Å². The van der Waals surface area contributed by atoms with Crippen molar-refractivity contribution in [2.24, 2.45) is 5.92 Å². The molecule has 2 aliphatic rings. The van der Waals surface area contributed by atoms with E-state index in [1.165, 1.54) is 6.07 Å². The SMILES string of the molecule is CC.CC(C)C(=O)c1ccc(-c2c3ccc(=N)cc-3oc3cc(N)ccc23)c(C(=O)O)c1. The molecule has 0 aromatic heterocycles. The number of fused-ring (bicyclic) bond motifs is 2. The Morgan fingerprint density at radius 2 is 1.66 bits per heavy atom. The third kappa shape index (κ3) is 4.12. The van der Waals surface area contributed by atoms with E-state index in [0.29, 0.717) is 44.7 Å². The van der Waals surface area contributed by atoms with Crippen LogP contribution in [-0.2, 0) is 0 Å². The molecule has 0 amide bonds. The van der Waals surface area contributed by atoms with E-state index in [-0.39, 0.29) is 22.6 Å². The summed E-state index contributed by atoms with van der Waals surface area (Å²) in [6.45, 7) is 7.55. The molecule has 1 heterocycles. The molecule has 0 unspecified atom stereocenters. The zero-order valence-corrected chi connectivity index (χ0v) is 18.5. The van der Waals surface area contributed by atoms with E-state index in [0.717, 1.165) is 0 Å². The predicted octanol–water partition coefficient (Wildman–Crippen LogP) is 5.83. The number of rotatable bonds is 4. The fraction of sp³-hybridized carbons (Fsp3) is 0.192. The number of benzene rings is 3. The van der Waals surface area contributed by atoms with Gasteiger partial charge in [0, 0.05) is 45.8 Å². The van der Waals surface area contributed by atoms with Gasteiger partial charge in [0.2, 0.25) is 0 Å². The number of carboxylic acids is 1. The van der Waals surface area contributed by atoms with E-state index in [9.17, 15) is 14.7 Å². The molecule has 6 heteroatoms. The second-order valence-corrected chi connectivity index (χ2v) is 7.53. The number of ketones is 1. The molecule has 32 heavy (non-hydrogen) atoms. The summed E-state index contributed by atoms with van der Waals surface area (Å²) in [5, 5.41) is 18.8. The van der Waals surface area contributed by atoms with Crippen LogP contribution in [0.15, 0.2) is 59.0 Å². The third-order valence-electron chi connectivity index (χ3n) is 5.07. The lowest BCUT2D eigenvalue weighted by atomic mass is 9.88. The van der Waals surface area contributed by atoms with Crippen LogP contribution in [0.2, 0.25) is 0 Å². The van der Waals surface area contributed by atoms with Crippen LogP contribution in [0.1, 0.15) is 48.4 Å². The van der Waals surface area contributed by atoms with Crippen molar-refractivity contribution in [2.45, 2.75) is 27.7 Å². The first-order chi connectivity index (χ1) is 15.3. The highest BCUT2D eigenvalue weighted by molar-refractivity contribution is 6.09. The predicted molar refractivity (Wildman–Crippen MR) is 126 cm³/mol. The molecule has 0 radical (unpaired) electrons. The van der Waals surface area contributed by atoms with Crippen molar-refractivity contribution < 1.29 is 19.1 Å². The summed E-state index contributed by atoms with van der Waals surface area (Å²) >= 11 is 0. The highest BCUT2D eigenvalue weighted by Crippen LogP contribution is 2.41. The first-order valence-corrected chi connectivity index (χ1v) is 10.5. The second-order valence-electron chi connectivity index (χ2n) is 7.53. The zero-order valence-electron chi connectivity index (χ0n) is 18.5. The van der Waals surface area contributed by atoms with Gasteiger partial charge in [-0.25, -0.2) is 4.79 Å². The number of anilines is 1. The Hall–Kier alpha value is -3.93. The van der Waals surface area contributed by atoms with E-state index < -0.39 is 5.97 Å². The van der Waals surface area contributed by atoms with Gasteiger partial charge < -0.3 is 20.7 Å². The summed E-state index contributed by atoms with van der Waals surface area (Å²) in [4.78, 5) is 24.6. The fourth-order valence-corrected chi connectivity index (χ4v) is 3.62. The second kappa shape index (κ2) is 9.06. The summed E-state index contributed by atoms with van der Waals surface area (Å²) in [6.07, 6.45) is 0. The van der Waals surface area contributed by atoms with Crippen LogP contribution in [0.5, 0.6) is 0 Å². The van der Waals surface area contributed by atoms with Crippen LogP contribution >= 0.6 is 0 Å². The van der Waals surface area contributed by atoms with E-state index in [1.54, 1.807) is 62.4 Å². The van der Waals surface area contributed by atoms with Crippen molar-refractivity contribution in [3.8, 4) is 22.5 Å². The third-order valence-corrected chi connectivity index (χ3v) is 5.07. The molecule has 4 rings (SSSR count). The molecule has 0 saturated carbocycles. The van der Waals surface area contributed by atoms with Crippen LogP contribution < -0.4 is 11.1 Å². The first kappa shape index (κ1) is 22.7. The first-order valence-electron chi connectivity index (χ1n) is 10.5. The molecular weight excluding hydrogens is 404 g/mol. The quantitative estimate of drug-likeness (QED) is 0.214. The van der Waals surface area contributed by atoms with Crippen molar-refractivity contribution in [3.63, 3.8) is 0 Å². The maximum absolute atomic E-state index is 12.4. The van der Waals surface area contributed by atoms with Crippen LogP contribution in [0, 0.1) is 11.3 Å². The van der Waals surface area contributed by atoms with Gasteiger partial charge >= 0.3 is 5.97 Å². The fourth-order valence-electron chi connectivity index (χ4n) is 3.62. The van der Waals surface area contributed by atoms with Gasteiger partial charge in [0.1, 0.15) is 11.3 Å². The van der Waals surface area contributed by atoms with Gasteiger partial charge in [0.25, 0.3) is 0 Å². The van der Waals surface area contributed by atoms with E-state index in [1.807, 2.05) is 13.8 Å². The highest BCUT2D eigenvalue weighted by Gasteiger charge is 2.23. The van der Waals surface area contributed by atoms with Gasteiger partial charge in [-0.05, 0) is 35.9 Å². The number of hydrogen-bond donors (Lipinski definition) is 3. The van der Waals surface area contributed by atoms with Gasteiger partial charge in [-0.3, -0.25) is 4.79 Å². The summed E-state index contributed by atoms with van der Waals surface area (Å²) in [5.41, 5.74) is 9.11. The molecule has 1 aliphatic carbocycles. The minimum Gasteiger partial charge on any atom is -0.478 e. The number of Topliss-reactive ketones (excluding diaryl/α,β-unsaturated/α-hetero) is 1. The van der Waals surface area contributed by atoms with Crippen molar-refractivity contribution in [2.75, 3.05) is 5.73 Å². The van der Waals surface area contributed by atoms with E-state index >= 15 is 0 Å². The number of nitrogens with one attached hydrogen (secondary N) is 1. The number of hydrogen-bond acceptors (Lipinski definition) is 5. The number of nitrogen functional groups attached to an aromatic ring is 1.